The van der Waals surface area contributed by atoms with Gasteiger partial charge < -0.3 is 8.94 Å². The van der Waals surface area contributed by atoms with Gasteiger partial charge >= 0.3 is 0 Å². The minimum Gasteiger partial charge on any atom is -0.466 e. The van der Waals surface area contributed by atoms with Gasteiger partial charge in [0.25, 0.3) is 5.89 Å². The molecule has 5 heteroatoms. The lowest BCUT2D eigenvalue weighted by Crippen LogP contribution is -1.91. The smallest absolute Gasteiger partial charge is 0.261 e. The molecular weight excluding hydrogens is 240 g/mol. The molecule has 2 aromatic heterocycles. The lowest BCUT2D eigenvalue weighted by Gasteiger charge is -1.96. The first-order valence-electron chi connectivity index (χ1n) is 5.59. The molecule has 1 atom stereocenters. The molecule has 0 saturated heterocycles. The summed E-state index contributed by atoms with van der Waals surface area (Å²) in [5.74, 6) is 2.67. The van der Waals surface area contributed by atoms with E-state index in [4.69, 9.17) is 20.5 Å². The van der Waals surface area contributed by atoms with Gasteiger partial charge in [-0.15, -0.1) is 11.6 Å². The van der Waals surface area contributed by atoms with Crippen LogP contribution in [0.2, 0.25) is 0 Å². The fourth-order valence-electron chi connectivity index (χ4n) is 1.75. The third-order valence-corrected chi connectivity index (χ3v) is 3.36. The van der Waals surface area contributed by atoms with Gasteiger partial charge in [0.2, 0.25) is 0 Å². The SMILES string of the molecule is CCC(Cl)c1noc(-c2c(C)oc(C)c2C)n1. The summed E-state index contributed by atoms with van der Waals surface area (Å²) >= 11 is 6.07. The van der Waals surface area contributed by atoms with E-state index in [0.717, 1.165) is 29.1 Å². The number of aromatic nitrogens is 2. The summed E-state index contributed by atoms with van der Waals surface area (Å²) < 4.78 is 10.8. The van der Waals surface area contributed by atoms with Crippen molar-refractivity contribution < 1.29 is 8.94 Å². The van der Waals surface area contributed by atoms with E-state index in [9.17, 15) is 0 Å². The van der Waals surface area contributed by atoms with Crippen LogP contribution in [0, 0.1) is 20.8 Å². The van der Waals surface area contributed by atoms with Gasteiger partial charge in [0.15, 0.2) is 5.82 Å². The third-order valence-electron chi connectivity index (χ3n) is 2.86. The summed E-state index contributed by atoms with van der Waals surface area (Å²) in [5.41, 5.74) is 1.90. The van der Waals surface area contributed by atoms with Crippen LogP contribution in [0.25, 0.3) is 11.5 Å². The normalized spacial score (nSPS) is 13.0. The van der Waals surface area contributed by atoms with Crippen LogP contribution in [0.4, 0.5) is 0 Å². The summed E-state index contributed by atoms with van der Waals surface area (Å²) in [6.07, 6.45) is 0.767. The molecule has 0 radical (unpaired) electrons. The number of halogens is 1. The Kier molecular flexibility index (Phi) is 3.24. The van der Waals surface area contributed by atoms with Crippen molar-refractivity contribution in [2.24, 2.45) is 0 Å². The highest BCUT2D eigenvalue weighted by Crippen LogP contribution is 2.31. The average Bonchev–Trinajstić information content (AvgIpc) is 2.85. The fourth-order valence-corrected chi connectivity index (χ4v) is 1.84. The summed E-state index contributed by atoms with van der Waals surface area (Å²) in [5, 5.41) is 3.69. The number of alkyl halides is 1. The van der Waals surface area contributed by atoms with Crippen molar-refractivity contribution in [3.63, 3.8) is 0 Å². The molecule has 0 fully saturated rings. The Morgan fingerprint density at radius 3 is 2.47 bits per heavy atom. The van der Waals surface area contributed by atoms with Crippen LogP contribution >= 0.6 is 11.6 Å². The van der Waals surface area contributed by atoms with Gasteiger partial charge in [0, 0.05) is 5.56 Å². The molecule has 1 unspecified atom stereocenters. The van der Waals surface area contributed by atoms with Gasteiger partial charge in [-0.25, -0.2) is 0 Å². The van der Waals surface area contributed by atoms with Crippen molar-refractivity contribution >= 4 is 11.6 Å². The Labute approximate surface area is 105 Å². The van der Waals surface area contributed by atoms with Gasteiger partial charge in [0.05, 0.1) is 10.9 Å². The van der Waals surface area contributed by atoms with Crippen molar-refractivity contribution in [3.8, 4) is 11.5 Å². The number of rotatable bonds is 3. The lowest BCUT2D eigenvalue weighted by molar-refractivity contribution is 0.419. The van der Waals surface area contributed by atoms with Gasteiger partial charge in [-0.1, -0.05) is 12.1 Å². The van der Waals surface area contributed by atoms with E-state index in [1.165, 1.54) is 0 Å². The summed E-state index contributed by atoms with van der Waals surface area (Å²) in [7, 11) is 0. The molecule has 0 aromatic carbocycles. The quantitative estimate of drug-likeness (QED) is 0.779. The molecule has 0 aliphatic rings. The number of aryl methyl sites for hydroxylation is 2. The molecule has 4 nitrogen and oxygen atoms in total. The maximum Gasteiger partial charge on any atom is 0.261 e. The Morgan fingerprint density at radius 2 is 1.94 bits per heavy atom. The fraction of sp³-hybridized carbons (Fsp3) is 0.500. The molecule has 2 rings (SSSR count). The molecule has 0 saturated carbocycles. The topological polar surface area (TPSA) is 52.1 Å². The van der Waals surface area contributed by atoms with Crippen LogP contribution in [0.3, 0.4) is 0 Å². The second-order valence-electron chi connectivity index (χ2n) is 4.05. The van der Waals surface area contributed by atoms with E-state index in [0.29, 0.717) is 11.7 Å². The minimum absolute atomic E-state index is 0.207. The van der Waals surface area contributed by atoms with E-state index in [2.05, 4.69) is 10.1 Å². The molecule has 17 heavy (non-hydrogen) atoms. The Balaban J connectivity index is 2.43. The van der Waals surface area contributed by atoms with Crippen LogP contribution < -0.4 is 0 Å². The zero-order chi connectivity index (χ0) is 12.6. The predicted molar refractivity (Wildman–Crippen MR) is 65.1 cm³/mol. The van der Waals surface area contributed by atoms with Crippen LogP contribution in [-0.2, 0) is 0 Å². The van der Waals surface area contributed by atoms with E-state index in [-0.39, 0.29) is 5.38 Å². The molecule has 92 valence electrons. The Bertz CT molecular complexity index is 531. The maximum atomic E-state index is 6.07. The highest BCUT2D eigenvalue weighted by Gasteiger charge is 2.21. The van der Waals surface area contributed by atoms with Gasteiger partial charge in [-0.05, 0) is 27.2 Å². The second-order valence-corrected chi connectivity index (χ2v) is 4.57. The monoisotopic (exact) mass is 254 g/mol. The van der Waals surface area contributed by atoms with Crippen molar-refractivity contribution in [3.05, 3.63) is 22.9 Å². The molecule has 0 aliphatic carbocycles. The minimum atomic E-state index is -0.207. The number of hydrogen-bond acceptors (Lipinski definition) is 4. The highest BCUT2D eigenvalue weighted by atomic mass is 35.5. The number of furan rings is 1. The first-order valence-corrected chi connectivity index (χ1v) is 6.02. The summed E-state index contributed by atoms with van der Waals surface area (Å²) in [4.78, 5) is 4.32. The molecular formula is C12H15ClN2O2. The lowest BCUT2D eigenvalue weighted by atomic mass is 10.1. The number of nitrogens with zero attached hydrogens (tertiary/aromatic N) is 2. The Morgan fingerprint density at radius 1 is 1.24 bits per heavy atom. The van der Waals surface area contributed by atoms with Crippen molar-refractivity contribution in [2.75, 3.05) is 0 Å². The molecule has 0 aliphatic heterocycles. The Hall–Kier alpha value is -1.29. The first kappa shape index (κ1) is 12.2. The third kappa shape index (κ3) is 2.09. The summed E-state index contributed by atoms with van der Waals surface area (Å²) in [6, 6.07) is 0. The highest BCUT2D eigenvalue weighted by molar-refractivity contribution is 6.20. The molecule has 0 bridgehead atoms. The van der Waals surface area contributed by atoms with Crippen LogP contribution in [0.1, 0.15) is 41.6 Å². The zero-order valence-corrected chi connectivity index (χ0v) is 11.1. The average molecular weight is 255 g/mol. The second kappa shape index (κ2) is 4.53. The molecule has 2 heterocycles. The van der Waals surface area contributed by atoms with Crippen molar-refractivity contribution in [1.29, 1.82) is 0 Å². The largest absolute Gasteiger partial charge is 0.466 e. The maximum absolute atomic E-state index is 6.07. The zero-order valence-electron chi connectivity index (χ0n) is 10.4. The molecule has 0 spiro atoms. The molecule has 2 aromatic rings. The van der Waals surface area contributed by atoms with Gasteiger partial charge in [-0.3, -0.25) is 0 Å². The van der Waals surface area contributed by atoms with Crippen molar-refractivity contribution in [1.82, 2.24) is 10.1 Å². The van der Waals surface area contributed by atoms with E-state index >= 15 is 0 Å². The van der Waals surface area contributed by atoms with E-state index in [1.807, 2.05) is 27.7 Å². The molecule has 0 amide bonds. The van der Waals surface area contributed by atoms with Gasteiger partial charge in [0.1, 0.15) is 11.5 Å². The van der Waals surface area contributed by atoms with Crippen molar-refractivity contribution in [2.45, 2.75) is 39.5 Å². The predicted octanol–water partition coefficient (Wildman–Crippen LogP) is 3.94. The number of hydrogen-bond donors (Lipinski definition) is 0. The summed E-state index contributed by atoms with van der Waals surface area (Å²) in [6.45, 7) is 7.76. The standard InChI is InChI=1S/C12H15ClN2O2/c1-5-9(13)11-14-12(17-15-11)10-6(2)7(3)16-8(10)4/h9H,5H2,1-4H3. The first-order chi connectivity index (χ1) is 8.04. The van der Waals surface area contributed by atoms with Crippen LogP contribution in [0.15, 0.2) is 8.94 Å². The van der Waals surface area contributed by atoms with Crippen LogP contribution in [0.5, 0.6) is 0 Å². The molecule has 0 N–H and O–H groups in total. The van der Waals surface area contributed by atoms with Crippen LogP contribution in [-0.4, -0.2) is 10.1 Å². The van der Waals surface area contributed by atoms with E-state index in [1.54, 1.807) is 0 Å². The van der Waals surface area contributed by atoms with Gasteiger partial charge in [-0.2, -0.15) is 4.98 Å². The van der Waals surface area contributed by atoms with E-state index < -0.39 is 0 Å².